The first kappa shape index (κ1) is 11.7. The van der Waals surface area contributed by atoms with Crippen LogP contribution in [-0.2, 0) is 4.74 Å². The number of amides is 1. The molecule has 2 rings (SSSR count). The minimum absolute atomic E-state index is 0.0156. The molecular weight excluding hydrogens is 317 g/mol. The number of carbonyl (C=O) groups is 1. The number of hydrogen-bond donors (Lipinski definition) is 1. The fourth-order valence-corrected chi connectivity index (χ4v) is 2.60. The molecule has 4 heteroatoms. The van der Waals surface area contributed by atoms with Crippen LogP contribution in [0.3, 0.4) is 0 Å². The third kappa shape index (κ3) is 2.16. The third-order valence-corrected chi connectivity index (χ3v) is 3.82. The van der Waals surface area contributed by atoms with Crippen LogP contribution in [0.5, 0.6) is 0 Å². The normalized spacial score (nSPS) is 23.4. The van der Waals surface area contributed by atoms with Crippen molar-refractivity contribution < 1.29 is 9.53 Å². The second-order valence-corrected chi connectivity index (χ2v) is 5.83. The number of cyclic esters (lactones) is 1. The predicted molar refractivity (Wildman–Crippen MR) is 70.2 cm³/mol. The van der Waals surface area contributed by atoms with Crippen molar-refractivity contribution in [1.29, 1.82) is 0 Å². The average molecular weight is 331 g/mol. The van der Waals surface area contributed by atoms with Crippen molar-refractivity contribution in [2.45, 2.75) is 19.9 Å². The van der Waals surface area contributed by atoms with E-state index in [-0.39, 0.29) is 17.6 Å². The molecule has 0 radical (unpaired) electrons. The molecule has 0 aromatic heterocycles. The Morgan fingerprint density at radius 1 is 1.44 bits per heavy atom. The monoisotopic (exact) mass is 331 g/mol. The van der Waals surface area contributed by atoms with Gasteiger partial charge in [0.15, 0.2) is 0 Å². The Balaban J connectivity index is 2.38. The molecule has 0 bridgehead atoms. The lowest BCUT2D eigenvalue weighted by atomic mass is 9.80. The van der Waals surface area contributed by atoms with Crippen LogP contribution in [0.25, 0.3) is 0 Å². The van der Waals surface area contributed by atoms with E-state index in [2.05, 4.69) is 47.8 Å². The maximum atomic E-state index is 11.3. The third-order valence-electron chi connectivity index (χ3n) is 2.84. The van der Waals surface area contributed by atoms with Gasteiger partial charge < -0.3 is 10.1 Å². The summed E-state index contributed by atoms with van der Waals surface area (Å²) in [5.74, 6) is 0. The van der Waals surface area contributed by atoms with Crippen LogP contribution in [0.4, 0.5) is 4.79 Å². The molecule has 1 atom stereocenters. The Kier molecular flexibility index (Phi) is 3.10. The molecule has 1 fully saturated rings. The van der Waals surface area contributed by atoms with Gasteiger partial charge in [0.1, 0.15) is 6.61 Å². The molecule has 1 aliphatic heterocycles. The van der Waals surface area contributed by atoms with E-state index in [1.54, 1.807) is 0 Å². The fourth-order valence-electron chi connectivity index (χ4n) is 1.90. The van der Waals surface area contributed by atoms with E-state index in [0.29, 0.717) is 6.61 Å². The van der Waals surface area contributed by atoms with Gasteiger partial charge in [0.05, 0.1) is 6.04 Å². The number of halogens is 1. The fraction of sp³-hybridized carbons (Fsp3) is 0.417. The molecule has 0 aliphatic carbocycles. The number of benzene rings is 1. The highest BCUT2D eigenvalue weighted by molar-refractivity contribution is 14.1. The minimum atomic E-state index is -0.330. The van der Waals surface area contributed by atoms with Crippen LogP contribution in [0.2, 0.25) is 0 Å². The summed E-state index contributed by atoms with van der Waals surface area (Å²) in [5, 5.41) is 2.90. The summed E-state index contributed by atoms with van der Waals surface area (Å²) >= 11 is 2.29. The summed E-state index contributed by atoms with van der Waals surface area (Å²) in [4.78, 5) is 11.3. The summed E-state index contributed by atoms with van der Waals surface area (Å²) in [6.07, 6.45) is -0.330. The first-order chi connectivity index (χ1) is 7.50. The number of nitrogens with one attached hydrogen (secondary N) is 1. The molecule has 1 aromatic rings. The van der Waals surface area contributed by atoms with Crippen LogP contribution < -0.4 is 5.32 Å². The number of ether oxygens (including phenoxy) is 1. The van der Waals surface area contributed by atoms with Crippen molar-refractivity contribution in [3.05, 3.63) is 33.4 Å². The van der Waals surface area contributed by atoms with E-state index < -0.39 is 0 Å². The molecule has 0 spiro atoms. The molecule has 1 amide bonds. The maximum Gasteiger partial charge on any atom is 0.407 e. The van der Waals surface area contributed by atoms with E-state index in [0.717, 1.165) is 5.56 Å². The summed E-state index contributed by atoms with van der Waals surface area (Å²) < 4.78 is 6.20. The SMILES string of the molecule is CC1(C)COC(=O)N[C@H]1c1ccccc1I. The van der Waals surface area contributed by atoms with Gasteiger partial charge in [-0.05, 0) is 34.2 Å². The molecule has 1 saturated heterocycles. The molecular formula is C12H14INO2. The van der Waals surface area contributed by atoms with Crippen LogP contribution in [0.15, 0.2) is 24.3 Å². The van der Waals surface area contributed by atoms with Crippen LogP contribution in [-0.4, -0.2) is 12.7 Å². The van der Waals surface area contributed by atoms with Crippen molar-refractivity contribution in [1.82, 2.24) is 5.32 Å². The summed E-state index contributed by atoms with van der Waals surface area (Å²) in [6, 6.07) is 8.11. The topological polar surface area (TPSA) is 38.3 Å². The first-order valence-corrected chi connectivity index (χ1v) is 6.26. The lowest BCUT2D eigenvalue weighted by molar-refractivity contribution is 0.0385. The van der Waals surface area contributed by atoms with Crippen molar-refractivity contribution in [3.8, 4) is 0 Å². The second kappa shape index (κ2) is 4.24. The highest BCUT2D eigenvalue weighted by Crippen LogP contribution is 2.37. The number of hydrogen-bond acceptors (Lipinski definition) is 2. The number of alkyl carbamates (subject to hydrolysis) is 1. The summed E-state index contributed by atoms with van der Waals surface area (Å²) in [6.45, 7) is 4.65. The van der Waals surface area contributed by atoms with Crippen molar-refractivity contribution >= 4 is 28.7 Å². The van der Waals surface area contributed by atoms with E-state index >= 15 is 0 Å². The number of carbonyl (C=O) groups excluding carboxylic acids is 1. The zero-order valence-electron chi connectivity index (χ0n) is 9.29. The molecule has 1 heterocycles. The highest BCUT2D eigenvalue weighted by atomic mass is 127. The predicted octanol–water partition coefficient (Wildman–Crippen LogP) is 3.10. The van der Waals surface area contributed by atoms with Gasteiger partial charge in [-0.2, -0.15) is 0 Å². The van der Waals surface area contributed by atoms with Gasteiger partial charge in [0.2, 0.25) is 0 Å². The Labute approximate surface area is 109 Å². The van der Waals surface area contributed by atoms with E-state index in [1.807, 2.05) is 18.2 Å². The van der Waals surface area contributed by atoms with Gasteiger partial charge >= 0.3 is 6.09 Å². The van der Waals surface area contributed by atoms with Gasteiger partial charge in [0.25, 0.3) is 0 Å². The summed E-state index contributed by atoms with van der Waals surface area (Å²) in [7, 11) is 0. The van der Waals surface area contributed by atoms with Gasteiger partial charge in [-0.3, -0.25) is 0 Å². The quantitative estimate of drug-likeness (QED) is 0.803. The highest BCUT2D eigenvalue weighted by Gasteiger charge is 2.38. The zero-order valence-corrected chi connectivity index (χ0v) is 11.4. The van der Waals surface area contributed by atoms with Crippen molar-refractivity contribution in [3.63, 3.8) is 0 Å². The van der Waals surface area contributed by atoms with Crippen molar-refractivity contribution in [2.75, 3.05) is 6.61 Å². The largest absolute Gasteiger partial charge is 0.449 e. The molecule has 3 nitrogen and oxygen atoms in total. The maximum absolute atomic E-state index is 11.3. The molecule has 0 saturated carbocycles. The van der Waals surface area contributed by atoms with Crippen LogP contribution >= 0.6 is 22.6 Å². The Bertz CT molecular complexity index is 417. The van der Waals surface area contributed by atoms with E-state index in [9.17, 15) is 4.79 Å². The lowest BCUT2D eigenvalue weighted by Gasteiger charge is -2.38. The minimum Gasteiger partial charge on any atom is -0.449 e. The zero-order chi connectivity index (χ0) is 11.8. The molecule has 0 unspecified atom stereocenters. The second-order valence-electron chi connectivity index (χ2n) is 4.66. The van der Waals surface area contributed by atoms with Crippen LogP contribution in [0, 0.1) is 8.99 Å². The molecule has 1 aromatic carbocycles. The Morgan fingerprint density at radius 2 is 2.12 bits per heavy atom. The molecule has 1 N–H and O–H groups in total. The van der Waals surface area contributed by atoms with Crippen molar-refractivity contribution in [2.24, 2.45) is 5.41 Å². The molecule has 86 valence electrons. The van der Waals surface area contributed by atoms with E-state index in [1.165, 1.54) is 3.57 Å². The Hall–Kier alpha value is -0.780. The van der Waals surface area contributed by atoms with E-state index in [4.69, 9.17) is 4.74 Å². The van der Waals surface area contributed by atoms with Crippen LogP contribution in [0.1, 0.15) is 25.5 Å². The smallest absolute Gasteiger partial charge is 0.407 e. The molecule has 1 aliphatic rings. The Morgan fingerprint density at radius 3 is 2.81 bits per heavy atom. The molecule has 16 heavy (non-hydrogen) atoms. The summed E-state index contributed by atoms with van der Waals surface area (Å²) in [5.41, 5.74) is 1.07. The number of rotatable bonds is 1. The first-order valence-electron chi connectivity index (χ1n) is 5.18. The van der Waals surface area contributed by atoms with Gasteiger partial charge in [-0.15, -0.1) is 0 Å². The average Bonchev–Trinajstić information content (AvgIpc) is 2.23. The standard InChI is InChI=1S/C12H14INO2/c1-12(2)7-16-11(15)14-10(12)8-5-3-4-6-9(8)13/h3-6,10H,7H2,1-2H3,(H,14,15)/t10-/m0/s1. The van der Waals surface area contributed by atoms with Gasteiger partial charge in [-0.1, -0.05) is 32.0 Å². The van der Waals surface area contributed by atoms with Gasteiger partial charge in [-0.25, -0.2) is 4.79 Å². The lowest BCUT2D eigenvalue weighted by Crippen LogP contribution is -2.47. The van der Waals surface area contributed by atoms with Gasteiger partial charge in [0, 0.05) is 8.99 Å².